The second-order valence-electron chi connectivity index (χ2n) is 12.6. The number of benzene rings is 2. The lowest BCUT2D eigenvalue weighted by atomic mass is 9.78. The van der Waals surface area contributed by atoms with E-state index >= 15 is 0 Å². The number of nitrogens with one attached hydrogen (secondary N) is 3. The van der Waals surface area contributed by atoms with E-state index in [0.29, 0.717) is 36.8 Å². The summed E-state index contributed by atoms with van der Waals surface area (Å²) in [5.74, 6) is 0.638. The first-order chi connectivity index (χ1) is 22.9. The predicted octanol–water partition coefficient (Wildman–Crippen LogP) is 5.86. The number of rotatable bonds is 11. The third-order valence-electron chi connectivity index (χ3n) is 9.35. The van der Waals surface area contributed by atoms with Gasteiger partial charge in [0.25, 0.3) is 0 Å². The minimum Gasteiger partial charge on any atom is -0.471 e. The largest absolute Gasteiger partial charge is 0.471 e. The minimum atomic E-state index is -0.366. The fourth-order valence-corrected chi connectivity index (χ4v) is 6.80. The van der Waals surface area contributed by atoms with Gasteiger partial charge in [0, 0.05) is 24.4 Å². The number of imidazole rings is 1. The molecule has 0 spiro atoms. The number of carbonyl (C=O) groups is 2. The number of alkyl carbamates (subject to hydrolysis) is 1. The number of nitrogens with two attached hydrogens (primary N) is 1. The summed E-state index contributed by atoms with van der Waals surface area (Å²) in [7, 11) is 0. The zero-order chi connectivity index (χ0) is 32.8. The number of allylic oxidation sites excluding steroid dienone is 1. The Morgan fingerprint density at radius 3 is 2.57 bits per heavy atom. The average molecular weight is 638 g/mol. The third-order valence-corrected chi connectivity index (χ3v) is 9.35. The van der Waals surface area contributed by atoms with Crippen molar-refractivity contribution >= 4 is 34.7 Å². The van der Waals surface area contributed by atoms with Crippen LogP contribution in [0.5, 0.6) is 5.88 Å². The molecule has 2 aromatic heterocycles. The van der Waals surface area contributed by atoms with Crippen LogP contribution < -0.4 is 21.1 Å². The van der Waals surface area contributed by atoms with Crippen molar-refractivity contribution < 1.29 is 19.1 Å². The number of H-pyrrole nitrogens is 1. The van der Waals surface area contributed by atoms with Crippen LogP contribution >= 0.6 is 0 Å². The molecule has 11 nitrogen and oxygen atoms in total. The average Bonchev–Trinajstić information content (AvgIpc) is 3.56. The zero-order valence-corrected chi connectivity index (χ0v) is 27.1. The normalized spacial score (nSPS) is 19.2. The van der Waals surface area contributed by atoms with Crippen LogP contribution in [0.3, 0.4) is 0 Å². The zero-order valence-electron chi connectivity index (χ0n) is 27.1. The van der Waals surface area contributed by atoms with E-state index in [0.717, 1.165) is 56.1 Å². The van der Waals surface area contributed by atoms with Gasteiger partial charge in [-0.05, 0) is 73.3 Å². The fraction of sp³-hybridized carbons (Fsp3) is 0.417. The summed E-state index contributed by atoms with van der Waals surface area (Å²) in [5, 5.41) is 6.13. The van der Waals surface area contributed by atoms with Gasteiger partial charge in [0.05, 0.1) is 6.33 Å². The van der Waals surface area contributed by atoms with Gasteiger partial charge in [-0.25, -0.2) is 9.78 Å². The molecule has 2 aliphatic carbocycles. The molecule has 2 aromatic carbocycles. The molecule has 4 aromatic rings. The van der Waals surface area contributed by atoms with Gasteiger partial charge in [0.1, 0.15) is 18.7 Å². The van der Waals surface area contributed by atoms with Gasteiger partial charge in [0.15, 0.2) is 5.65 Å². The Hall–Kier alpha value is -4.93. The Morgan fingerprint density at radius 2 is 1.79 bits per heavy atom. The van der Waals surface area contributed by atoms with Crippen molar-refractivity contribution in [3.05, 3.63) is 82.7 Å². The van der Waals surface area contributed by atoms with Gasteiger partial charge in [0.2, 0.25) is 17.7 Å². The summed E-state index contributed by atoms with van der Waals surface area (Å²) in [5.41, 5.74) is 14.1. The number of anilines is 1. The van der Waals surface area contributed by atoms with Crippen molar-refractivity contribution in [2.45, 2.75) is 78.0 Å². The maximum absolute atomic E-state index is 12.9. The molecule has 0 aliphatic heterocycles. The van der Waals surface area contributed by atoms with Crippen LogP contribution in [0.4, 0.5) is 10.7 Å². The van der Waals surface area contributed by atoms with Crippen molar-refractivity contribution in [3.63, 3.8) is 0 Å². The van der Waals surface area contributed by atoms with Crippen LogP contribution in [0, 0.1) is 11.8 Å². The highest BCUT2D eigenvalue weighted by Gasteiger charge is 2.29. The Morgan fingerprint density at radius 1 is 1.02 bits per heavy atom. The van der Waals surface area contributed by atoms with Crippen LogP contribution in [0.15, 0.2) is 60.4 Å². The minimum absolute atomic E-state index is 0.0175. The number of aromatic nitrogens is 4. The van der Waals surface area contributed by atoms with Crippen LogP contribution in [0.2, 0.25) is 0 Å². The van der Waals surface area contributed by atoms with E-state index in [1.165, 1.54) is 28.6 Å². The summed E-state index contributed by atoms with van der Waals surface area (Å²) >= 11 is 0. The van der Waals surface area contributed by atoms with Crippen LogP contribution in [-0.4, -0.2) is 44.6 Å². The van der Waals surface area contributed by atoms with E-state index in [-0.39, 0.29) is 35.8 Å². The number of carbonyl (C=O) groups excluding carboxylic acids is 2. The summed E-state index contributed by atoms with van der Waals surface area (Å²) in [4.78, 5) is 41.0. The van der Waals surface area contributed by atoms with Crippen molar-refractivity contribution in [2.75, 3.05) is 12.3 Å². The number of fused-ring (bicyclic) bond motifs is 2. The van der Waals surface area contributed by atoms with E-state index in [1.807, 2.05) is 24.3 Å². The molecule has 1 saturated carbocycles. The smallest absolute Gasteiger partial charge is 0.407 e. The van der Waals surface area contributed by atoms with Gasteiger partial charge < -0.3 is 30.8 Å². The van der Waals surface area contributed by atoms with Gasteiger partial charge >= 0.3 is 6.09 Å². The number of ether oxygens (including phenoxy) is 2. The van der Waals surface area contributed by atoms with Gasteiger partial charge in [-0.15, -0.1) is 0 Å². The number of hydrogen-bond acceptors (Lipinski definition) is 8. The summed E-state index contributed by atoms with van der Waals surface area (Å²) in [6, 6.07) is 16.4. The first-order valence-corrected chi connectivity index (χ1v) is 16.5. The molecule has 2 amide bonds. The molecule has 5 N–H and O–H groups in total. The standard InChI is InChI=1S/C36H43N7O4/c1-3-6-29-22(2)30-8-5-4-7-26(30)17-27(29)20-47-36(45)41-28-15-13-25(14-16-28)33(44)38-18-23-9-11-24(12-10-23)19-46-34-31-32(40-21-39-31)42-35(37)43-34/h4-5,7-12,21,25,27-28H,3,6,13-20H2,1-2H3,(H,38,44)(H,41,45)(H3,37,39,40,42,43). The summed E-state index contributed by atoms with van der Waals surface area (Å²) < 4.78 is 11.6. The highest BCUT2D eigenvalue weighted by atomic mass is 16.5. The lowest BCUT2D eigenvalue weighted by Crippen LogP contribution is -2.41. The molecular formula is C36H43N7O4. The first-order valence-electron chi connectivity index (χ1n) is 16.5. The second kappa shape index (κ2) is 14.7. The van der Waals surface area contributed by atoms with Crippen molar-refractivity contribution in [3.8, 4) is 5.88 Å². The molecule has 1 unspecified atom stereocenters. The van der Waals surface area contributed by atoms with E-state index < -0.39 is 0 Å². The number of hydrogen-bond donors (Lipinski definition) is 4. The van der Waals surface area contributed by atoms with E-state index in [4.69, 9.17) is 15.2 Å². The van der Waals surface area contributed by atoms with Crippen molar-refractivity contribution in [1.82, 2.24) is 30.6 Å². The summed E-state index contributed by atoms with van der Waals surface area (Å²) in [6.07, 6.45) is 7.09. The molecule has 0 radical (unpaired) electrons. The maximum atomic E-state index is 12.9. The molecule has 2 aliphatic rings. The van der Waals surface area contributed by atoms with Crippen molar-refractivity contribution in [1.29, 1.82) is 0 Å². The monoisotopic (exact) mass is 637 g/mol. The summed E-state index contributed by atoms with van der Waals surface area (Å²) in [6.45, 7) is 5.51. The van der Waals surface area contributed by atoms with Gasteiger partial charge in [-0.1, -0.05) is 67.4 Å². The number of amides is 2. The third kappa shape index (κ3) is 7.73. The second-order valence-corrected chi connectivity index (χ2v) is 12.6. The van der Waals surface area contributed by atoms with Crippen LogP contribution in [-0.2, 0) is 29.1 Å². The van der Waals surface area contributed by atoms with Gasteiger partial charge in [-0.3, -0.25) is 4.79 Å². The molecular weight excluding hydrogens is 594 g/mol. The molecule has 11 heteroatoms. The van der Waals surface area contributed by atoms with Crippen molar-refractivity contribution in [2.24, 2.45) is 11.8 Å². The van der Waals surface area contributed by atoms with Crippen LogP contribution in [0.1, 0.15) is 74.6 Å². The lowest BCUT2D eigenvalue weighted by Gasteiger charge is -2.30. The predicted molar refractivity (Wildman–Crippen MR) is 180 cm³/mol. The highest BCUT2D eigenvalue weighted by molar-refractivity contribution is 5.79. The molecule has 2 heterocycles. The van der Waals surface area contributed by atoms with E-state index in [1.54, 1.807) is 0 Å². The number of aromatic amines is 1. The Labute approximate surface area is 274 Å². The first kappa shape index (κ1) is 32.0. The number of nitrogens with zero attached hydrogens (tertiary/aromatic N) is 3. The molecule has 47 heavy (non-hydrogen) atoms. The SMILES string of the molecule is CCCC1=C(C)c2ccccc2CC1COC(=O)NC1CCC(C(=O)NCc2ccc(COc3nc(N)nc4nc[nH]c34)cc2)CC1. The topological polar surface area (TPSA) is 157 Å². The molecule has 246 valence electrons. The van der Waals surface area contributed by atoms with Crippen LogP contribution in [0.25, 0.3) is 16.7 Å². The Kier molecular flexibility index (Phi) is 9.99. The lowest BCUT2D eigenvalue weighted by molar-refractivity contribution is -0.126. The maximum Gasteiger partial charge on any atom is 0.407 e. The van der Waals surface area contributed by atoms with Gasteiger partial charge in [-0.2, -0.15) is 9.97 Å². The molecule has 0 saturated heterocycles. The van der Waals surface area contributed by atoms with E-state index in [2.05, 4.69) is 68.7 Å². The van der Waals surface area contributed by atoms with E-state index in [9.17, 15) is 9.59 Å². The molecule has 0 bridgehead atoms. The molecule has 1 atom stereocenters. The quantitative estimate of drug-likeness (QED) is 0.159. The fourth-order valence-electron chi connectivity index (χ4n) is 6.80. The number of nitrogen functional groups attached to an aromatic ring is 1. The molecule has 6 rings (SSSR count). The highest BCUT2D eigenvalue weighted by Crippen LogP contribution is 2.37. The Bertz CT molecular complexity index is 1740. The Balaban J connectivity index is 0.908. The molecule has 1 fully saturated rings.